The molecule has 0 aromatic heterocycles. The average Bonchev–Trinajstić information content (AvgIpc) is 2.64. The lowest BCUT2D eigenvalue weighted by atomic mass is 10.1. The van der Waals surface area contributed by atoms with Gasteiger partial charge in [0.2, 0.25) is 0 Å². The molecule has 0 bridgehead atoms. The molecule has 0 spiro atoms. The van der Waals surface area contributed by atoms with Gasteiger partial charge in [0.1, 0.15) is 15.8 Å². The number of hydrogen-bond acceptors (Lipinski definition) is 5. The number of aromatic hydroxyl groups is 2. The van der Waals surface area contributed by atoms with Crippen molar-refractivity contribution in [1.82, 2.24) is 4.90 Å². The van der Waals surface area contributed by atoms with Gasteiger partial charge in [0.05, 0.1) is 9.38 Å². The van der Waals surface area contributed by atoms with Crippen LogP contribution in [-0.4, -0.2) is 31.9 Å². The van der Waals surface area contributed by atoms with Gasteiger partial charge in [-0.25, -0.2) is 0 Å². The number of hydrogen-bond donors (Lipinski definition) is 2. The average molecular weight is 372 g/mol. The van der Waals surface area contributed by atoms with Crippen molar-refractivity contribution >= 4 is 56.2 Å². The Bertz CT molecular complexity index is 643. The largest absolute Gasteiger partial charge is 0.507 e. The summed E-state index contributed by atoms with van der Waals surface area (Å²) in [6, 6.07) is 2.74. The lowest BCUT2D eigenvalue weighted by Gasteiger charge is -2.10. The number of benzene rings is 1. The lowest BCUT2D eigenvalue weighted by molar-refractivity contribution is -0.121. The van der Waals surface area contributed by atoms with Crippen LogP contribution in [0.5, 0.6) is 11.5 Å². The molecule has 1 fully saturated rings. The Labute approximate surface area is 133 Å². The number of phenolic OH excluding ortho intramolecular Hbond substituents is 2. The fourth-order valence-electron chi connectivity index (χ4n) is 1.61. The summed E-state index contributed by atoms with van der Waals surface area (Å²) in [6.45, 7) is 3.94. The summed E-state index contributed by atoms with van der Waals surface area (Å²) in [6.07, 6.45) is 3.14. The molecule has 20 heavy (non-hydrogen) atoms. The normalized spacial score (nSPS) is 17.1. The molecule has 0 unspecified atom stereocenters. The number of rotatable bonds is 3. The molecule has 0 aliphatic carbocycles. The maximum atomic E-state index is 12.1. The Balaban J connectivity index is 2.37. The maximum absolute atomic E-state index is 12.1. The molecule has 0 atom stereocenters. The predicted octanol–water partition coefficient (Wildman–Crippen LogP) is 3.25. The van der Waals surface area contributed by atoms with E-state index < -0.39 is 0 Å². The van der Waals surface area contributed by atoms with Gasteiger partial charge in [0.25, 0.3) is 5.91 Å². The number of halogens is 1. The zero-order valence-electron chi connectivity index (χ0n) is 10.2. The number of nitrogens with zero attached hydrogens (tertiary/aromatic N) is 1. The molecule has 0 saturated carbocycles. The van der Waals surface area contributed by atoms with E-state index in [0.717, 1.165) is 0 Å². The molecule has 1 aromatic rings. The van der Waals surface area contributed by atoms with Crippen LogP contribution in [-0.2, 0) is 4.79 Å². The second-order valence-corrected chi connectivity index (χ2v) is 6.47. The van der Waals surface area contributed by atoms with Crippen molar-refractivity contribution in [2.75, 3.05) is 6.54 Å². The van der Waals surface area contributed by atoms with Crippen LogP contribution in [0.2, 0.25) is 0 Å². The maximum Gasteiger partial charge on any atom is 0.266 e. The number of amides is 1. The van der Waals surface area contributed by atoms with Crippen molar-refractivity contribution in [3.63, 3.8) is 0 Å². The third-order valence-corrected chi connectivity index (χ3v) is 4.58. The Hall–Kier alpha value is -1.31. The summed E-state index contributed by atoms with van der Waals surface area (Å²) in [5, 5.41) is 19.2. The van der Waals surface area contributed by atoms with E-state index in [0.29, 0.717) is 25.8 Å². The number of carbonyl (C=O) groups excluding carboxylic acids is 1. The van der Waals surface area contributed by atoms with Gasteiger partial charge in [-0.05, 0) is 28.1 Å². The standard InChI is InChI=1S/C13H10BrNO3S2/c1-2-3-15-12(18)11(20-13(15)19)5-7-4-8(14)10(17)6-9(7)16/h2,4-6,16-17H,1,3H2/b11-5+. The smallest absolute Gasteiger partial charge is 0.266 e. The Morgan fingerprint density at radius 1 is 1.40 bits per heavy atom. The zero-order valence-corrected chi connectivity index (χ0v) is 13.4. The number of thioether (sulfide) groups is 1. The summed E-state index contributed by atoms with van der Waals surface area (Å²) in [7, 11) is 0. The number of carbonyl (C=O) groups is 1. The molecule has 1 aliphatic heterocycles. The monoisotopic (exact) mass is 371 g/mol. The highest BCUT2D eigenvalue weighted by molar-refractivity contribution is 9.10. The summed E-state index contributed by atoms with van der Waals surface area (Å²) < 4.78 is 0.890. The second-order valence-electron chi connectivity index (χ2n) is 3.94. The lowest BCUT2D eigenvalue weighted by Crippen LogP contribution is -2.27. The molecule has 7 heteroatoms. The van der Waals surface area contributed by atoms with Crippen molar-refractivity contribution in [1.29, 1.82) is 0 Å². The number of phenols is 2. The first-order valence-electron chi connectivity index (χ1n) is 5.51. The van der Waals surface area contributed by atoms with Gasteiger partial charge < -0.3 is 10.2 Å². The molecular formula is C13H10BrNO3S2. The third kappa shape index (κ3) is 2.89. The Kier molecular flexibility index (Phi) is 4.52. The minimum Gasteiger partial charge on any atom is -0.507 e. The molecule has 2 rings (SSSR count). The third-order valence-electron chi connectivity index (χ3n) is 2.57. The van der Waals surface area contributed by atoms with Crippen LogP contribution >= 0.6 is 39.9 Å². The van der Waals surface area contributed by atoms with Crippen molar-refractivity contribution in [2.24, 2.45) is 0 Å². The van der Waals surface area contributed by atoms with Crippen molar-refractivity contribution in [3.8, 4) is 11.5 Å². The van der Waals surface area contributed by atoms with E-state index in [1.807, 2.05) is 0 Å². The van der Waals surface area contributed by atoms with E-state index in [1.165, 1.54) is 28.8 Å². The van der Waals surface area contributed by atoms with Crippen LogP contribution in [0.1, 0.15) is 5.56 Å². The predicted molar refractivity (Wildman–Crippen MR) is 87.5 cm³/mol. The van der Waals surface area contributed by atoms with Gasteiger partial charge >= 0.3 is 0 Å². The summed E-state index contributed by atoms with van der Waals surface area (Å²) >= 11 is 9.45. The fraction of sp³-hybridized carbons (Fsp3) is 0.0769. The van der Waals surface area contributed by atoms with Crippen molar-refractivity contribution in [3.05, 3.63) is 39.7 Å². The molecular weight excluding hydrogens is 362 g/mol. The Morgan fingerprint density at radius 3 is 2.75 bits per heavy atom. The van der Waals surface area contributed by atoms with Gasteiger partial charge in [-0.15, -0.1) is 6.58 Å². The summed E-state index contributed by atoms with van der Waals surface area (Å²) in [4.78, 5) is 14.0. The highest BCUT2D eigenvalue weighted by Crippen LogP contribution is 2.37. The first kappa shape index (κ1) is 15.1. The minimum absolute atomic E-state index is 0.0705. The molecule has 104 valence electrons. The van der Waals surface area contributed by atoms with Gasteiger partial charge in [-0.1, -0.05) is 30.1 Å². The quantitative estimate of drug-likeness (QED) is 0.485. The van der Waals surface area contributed by atoms with Gasteiger partial charge in [-0.3, -0.25) is 9.69 Å². The second kappa shape index (κ2) is 5.99. The van der Waals surface area contributed by atoms with E-state index in [2.05, 4.69) is 22.5 Å². The molecule has 1 saturated heterocycles. The van der Waals surface area contributed by atoms with Crippen LogP contribution in [0.15, 0.2) is 34.2 Å². The highest BCUT2D eigenvalue weighted by Gasteiger charge is 2.31. The Morgan fingerprint density at radius 2 is 2.10 bits per heavy atom. The summed E-state index contributed by atoms with van der Waals surface area (Å²) in [5.41, 5.74) is 0.425. The van der Waals surface area contributed by atoms with E-state index in [9.17, 15) is 15.0 Å². The van der Waals surface area contributed by atoms with Gasteiger partial charge in [0.15, 0.2) is 0 Å². The van der Waals surface area contributed by atoms with Crippen LogP contribution in [0.25, 0.3) is 6.08 Å². The van der Waals surface area contributed by atoms with E-state index in [-0.39, 0.29) is 17.4 Å². The van der Waals surface area contributed by atoms with Crippen molar-refractivity contribution < 1.29 is 15.0 Å². The van der Waals surface area contributed by atoms with Gasteiger partial charge in [-0.2, -0.15) is 0 Å². The molecule has 4 nitrogen and oxygen atoms in total. The van der Waals surface area contributed by atoms with Crippen molar-refractivity contribution in [2.45, 2.75) is 0 Å². The summed E-state index contributed by atoms with van der Waals surface area (Å²) in [5.74, 6) is -0.401. The van der Waals surface area contributed by atoms with E-state index in [4.69, 9.17) is 12.2 Å². The molecule has 1 aliphatic rings. The first-order valence-corrected chi connectivity index (χ1v) is 7.53. The van der Waals surface area contributed by atoms with Crippen LogP contribution in [0.4, 0.5) is 0 Å². The minimum atomic E-state index is -0.219. The first-order chi connectivity index (χ1) is 9.43. The zero-order chi connectivity index (χ0) is 14.9. The molecule has 1 amide bonds. The topological polar surface area (TPSA) is 60.8 Å². The van der Waals surface area contributed by atoms with Gasteiger partial charge in [0, 0.05) is 18.2 Å². The SMILES string of the molecule is C=CCN1C(=O)/C(=C\c2cc(Br)c(O)cc2O)SC1=S. The van der Waals surface area contributed by atoms with Crippen LogP contribution in [0.3, 0.4) is 0 Å². The van der Waals surface area contributed by atoms with E-state index in [1.54, 1.807) is 12.2 Å². The number of thiocarbonyl (C=S) groups is 1. The molecule has 2 N–H and O–H groups in total. The highest BCUT2D eigenvalue weighted by atomic mass is 79.9. The fourth-order valence-corrected chi connectivity index (χ4v) is 3.24. The van der Waals surface area contributed by atoms with Crippen LogP contribution < -0.4 is 0 Å². The molecule has 1 heterocycles. The van der Waals surface area contributed by atoms with E-state index >= 15 is 0 Å². The molecule has 0 radical (unpaired) electrons. The molecule has 1 aromatic carbocycles. The van der Waals surface area contributed by atoms with Crippen LogP contribution in [0, 0.1) is 0 Å².